The number of esters is 1. The van der Waals surface area contributed by atoms with Gasteiger partial charge in [0.1, 0.15) is 11.7 Å². The van der Waals surface area contributed by atoms with Crippen molar-refractivity contribution in [2.45, 2.75) is 13.3 Å². The van der Waals surface area contributed by atoms with Crippen molar-refractivity contribution in [2.24, 2.45) is 11.8 Å². The first-order chi connectivity index (χ1) is 9.52. The number of hydrogen-bond donors (Lipinski definition) is 1. The van der Waals surface area contributed by atoms with Crippen molar-refractivity contribution in [2.75, 3.05) is 12.4 Å². The number of rotatable bonds is 3. The number of ether oxygens (including phenoxy) is 1. The summed E-state index contributed by atoms with van der Waals surface area (Å²) in [7, 11) is 1.26. The minimum absolute atomic E-state index is 0.186. The largest absolute Gasteiger partial charge is 0.468 e. The van der Waals surface area contributed by atoms with E-state index in [-0.39, 0.29) is 17.5 Å². The molecule has 1 aliphatic carbocycles. The zero-order chi connectivity index (χ0) is 14.7. The molecule has 0 saturated heterocycles. The van der Waals surface area contributed by atoms with Gasteiger partial charge in [0.2, 0.25) is 0 Å². The van der Waals surface area contributed by atoms with Gasteiger partial charge < -0.3 is 10.1 Å². The molecule has 2 rings (SSSR count). The Hall–Kier alpha value is -2.17. The van der Waals surface area contributed by atoms with Crippen molar-refractivity contribution in [1.29, 1.82) is 0 Å². The summed E-state index contributed by atoms with van der Waals surface area (Å²) in [4.78, 5) is 23.5. The van der Waals surface area contributed by atoms with Gasteiger partial charge in [-0.1, -0.05) is 19.1 Å². The molecule has 0 aliphatic heterocycles. The van der Waals surface area contributed by atoms with Crippen molar-refractivity contribution in [1.82, 2.24) is 0 Å². The van der Waals surface area contributed by atoms with Gasteiger partial charge in [-0.25, -0.2) is 4.39 Å². The highest BCUT2D eigenvalue weighted by Gasteiger charge is 2.35. The van der Waals surface area contributed by atoms with Gasteiger partial charge >= 0.3 is 5.97 Å². The number of nitrogens with one attached hydrogen (secondary N) is 1. The van der Waals surface area contributed by atoms with Gasteiger partial charge in [-0.2, -0.15) is 0 Å². The number of carbonyl (C=O) groups excluding carboxylic acids is 2. The van der Waals surface area contributed by atoms with Crippen molar-refractivity contribution in [3.05, 3.63) is 41.9 Å². The average Bonchev–Trinajstić information content (AvgIpc) is 2.40. The summed E-state index contributed by atoms with van der Waals surface area (Å²) in [6.45, 7) is 1.80. The third-order valence-electron chi connectivity index (χ3n) is 3.36. The van der Waals surface area contributed by atoms with Crippen LogP contribution in [-0.4, -0.2) is 18.9 Å². The lowest BCUT2D eigenvalue weighted by molar-refractivity contribution is -0.150. The molecule has 1 aromatic carbocycles. The molecule has 0 unspecified atom stereocenters. The number of ketones is 1. The molecule has 1 N–H and O–H groups in total. The summed E-state index contributed by atoms with van der Waals surface area (Å²) in [5.74, 6) is -2.18. The molecule has 4 nitrogen and oxygen atoms in total. The Labute approximate surface area is 116 Å². The molecular weight excluding hydrogens is 261 g/mol. The number of anilines is 1. The Morgan fingerprint density at radius 2 is 2.10 bits per heavy atom. The fraction of sp³-hybridized carbons (Fsp3) is 0.333. The first-order valence-electron chi connectivity index (χ1n) is 6.36. The quantitative estimate of drug-likeness (QED) is 0.681. The van der Waals surface area contributed by atoms with E-state index in [4.69, 9.17) is 0 Å². The predicted molar refractivity (Wildman–Crippen MR) is 72.4 cm³/mol. The molecule has 0 radical (unpaired) electrons. The monoisotopic (exact) mass is 277 g/mol. The van der Waals surface area contributed by atoms with E-state index in [9.17, 15) is 14.0 Å². The van der Waals surface area contributed by atoms with Crippen LogP contribution in [0.25, 0.3) is 0 Å². The summed E-state index contributed by atoms with van der Waals surface area (Å²) in [5.41, 5.74) is 0.919. The molecule has 0 fully saturated rings. The average molecular weight is 277 g/mol. The molecule has 0 heterocycles. The number of benzene rings is 1. The van der Waals surface area contributed by atoms with Crippen LogP contribution in [0.4, 0.5) is 10.1 Å². The smallest absolute Gasteiger partial charge is 0.316 e. The Morgan fingerprint density at radius 3 is 2.70 bits per heavy atom. The van der Waals surface area contributed by atoms with Crippen LogP contribution in [0.2, 0.25) is 0 Å². The fourth-order valence-corrected chi connectivity index (χ4v) is 2.36. The Kier molecular flexibility index (Phi) is 4.17. The highest BCUT2D eigenvalue weighted by atomic mass is 19.1. The van der Waals surface area contributed by atoms with E-state index in [1.807, 2.05) is 0 Å². The molecule has 0 aromatic heterocycles. The maximum atomic E-state index is 13.5. The van der Waals surface area contributed by atoms with Crippen LogP contribution in [0.15, 0.2) is 36.0 Å². The van der Waals surface area contributed by atoms with Crippen LogP contribution >= 0.6 is 0 Å². The second kappa shape index (κ2) is 5.86. The highest BCUT2D eigenvalue weighted by molar-refractivity contribution is 6.06. The van der Waals surface area contributed by atoms with E-state index in [1.165, 1.54) is 19.3 Å². The van der Waals surface area contributed by atoms with Crippen LogP contribution in [0, 0.1) is 17.7 Å². The molecule has 2 atom stereocenters. The first kappa shape index (κ1) is 14.2. The van der Waals surface area contributed by atoms with Crippen LogP contribution < -0.4 is 5.32 Å². The predicted octanol–water partition coefficient (Wildman–Crippen LogP) is 2.52. The number of methoxy groups -OCH3 is 1. The maximum absolute atomic E-state index is 13.5. The standard InChI is InChI=1S/C15H16FNO3/c1-9-7-10(8-13(18)14(9)15(19)20-2)17-12-6-4-3-5-11(12)16/h3-6,8-9,14,17H,7H2,1-2H3/t9-,14+/m1/s1. The van der Waals surface area contributed by atoms with Crippen LogP contribution in [0.1, 0.15) is 13.3 Å². The second-order valence-electron chi connectivity index (χ2n) is 4.86. The molecule has 0 saturated carbocycles. The Bertz CT molecular complexity index is 568. The van der Waals surface area contributed by atoms with Crippen molar-refractivity contribution < 1.29 is 18.7 Å². The van der Waals surface area contributed by atoms with E-state index in [1.54, 1.807) is 25.1 Å². The first-order valence-corrected chi connectivity index (χ1v) is 6.36. The normalized spacial score (nSPS) is 22.1. The summed E-state index contributed by atoms with van der Waals surface area (Å²) < 4.78 is 18.2. The maximum Gasteiger partial charge on any atom is 0.316 e. The van der Waals surface area contributed by atoms with Crippen molar-refractivity contribution in [3.63, 3.8) is 0 Å². The van der Waals surface area contributed by atoms with Crippen molar-refractivity contribution in [3.8, 4) is 0 Å². The molecule has 0 spiro atoms. The number of halogens is 1. The summed E-state index contributed by atoms with van der Waals surface area (Å²) in [6.07, 6.45) is 1.84. The SMILES string of the molecule is COC(=O)[C@@H]1C(=O)C=C(Nc2ccccc2F)C[C@H]1C. The molecule has 1 aliphatic rings. The number of carbonyl (C=O) groups is 2. The molecule has 5 heteroatoms. The van der Waals surface area contributed by atoms with Crippen molar-refractivity contribution >= 4 is 17.4 Å². The lowest BCUT2D eigenvalue weighted by Gasteiger charge is -2.26. The van der Waals surface area contributed by atoms with Gasteiger partial charge in [0.05, 0.1) is 12.8 Å². The lowest BCUT2D eigenvalue weighted by atomic mass is 9.82. The van der Waals surface area contributed by atoms with Gasteiger partial charge in [-0.15, -0.1) is 0 Å². The lowest BCUT2D eigenvalue weighted by Crippen LogP contribution is -2.34. The zero-order valence-corrected chi connectivity index (χ0v) is 11.4. The van der Waals surface area contributed by atoms with Gasteiger partial charge in [-0.05, 0) is 24.5 Å². The van der Waals surface area contributed by atoms with E-state index in [0.29, 0.717) is 17.8 Å². The summed E-state index contributed by atoms with van der Waals surface area (Å²) in [6, 6.07) is 6.24. The highest BCUT2D eigenvalue weighted by Crippen LogP contribution is 2.29. The number of para-hydroxylation sites is 1. The van der Waals surface area contributed by atoms with Crippen LogP contribution in [-0.2, 0) is 14.3 Å². The van der Waals surface area contributed by atoms with Crippen LogP contribution in [0.3, 0.4) is 0 Å². The minimum atomic E-state index is -0.772. The van der Waals surface area contributed by atoms with E-state index in [0.717, 1.165) is 0 Å². The molecular formula is C15H16FNO3. The van der Waals surface area contributed by atoms with Gasteiger partial charge in [0.25, 0.3) is 0 Å². The minimum Gasteiger partial charge on any atom is -0.468 e. The topological polar surface area (TPSA) is 55.4 Å². The second-order valence-corrected chi connectivity index (χ2v) is 4.86. The Balaban J connectivity index is 2.18. The third-order valence-corrected chi connectivity index (χ3v) is 3.36. The molecule has 1 aromatic rings. The fourth-order valence-electron chi connectivity index (χ4n) is 2.36. The number of hydrogen-bond acceptors (Lipinski definition) is 4. The molecule has 0 amide bonds. The molecule has 106 valence electrons. The number of allylic oxidation sites excluding steroid dienone is 2. The Morgan fingerprint density at radius 1 is 1.40 bits per heavy atom. The van der Waals surface area contributed by atoms with Gasteiger partial charge in [0.15, 0.2) is 5.78 Å². The zero-order valence-electron chi connectivity index (χ0n) is 11.4. The molecule has 0 bridgehead atoms. The molecule has 20 heavy (non-hydrogen) atoms. The summed E-state index contributed by atoms with van der Waals surface area (Å²) in [5, 5.41) is 2.90. The van der Waals surface area contributed by atoms with Gasteiger partial charge in [0, 0.05) is 11.8 Å². The van der Waals surface area contributed by atoms with E-state index < -0.39 is 11.9 Å². The third kappa shape index (κ3) is 2.87. The van der Waals surface area contributed by atoms with E-state index >= 15 is 0 Å². The van der Waals surface area contributed by atoms with Gasteiger partial charge in [-0.3, -0.25) is 9.59 Å². The summed E-state index contributed by atoms with van der Waals surface area (Å²) >= 11 is 0. The van der Waals surface area contributed by atoms with Crippen LogP contribution in [0.5, 0.6) is 0 Å². The van der Waals surface area contributed by atoms with E-state index in [2.05, 4.69) is 10.1 Å².